The van der Waals surface area contributed by atoms with Crippen molar-refractivity contribution in [3.8, 4) is 0 Å². The highest BCUT2D eigenvalue weighted by atomic mass is 35.5. The lowest BCUT2D eigenvalue weighted by atomic mass is 10.6. The molecule has 1 aromatic heterocycles. The first kappa shape index (κ1) is 12.6. The van der Waals surface area contributed by atoms with Crippen molar-refractivity contribution < 1.29 is 4.92 Å². The first-order valence-electron chi connectivity index (χ1n) is 4.04. The number of rotatable bonds is 5. The summed E-state index contributed by atoms with van der Waals surface area (Å²) in [7, 11) is 1.70. The van der Waals surface area contributed by atoms with Crippen LogP contribution in [-0.4, -0.2) is 31.5 Å². The summed E-state index contributed by atoms with van der Waals surface area (Å²) in [5.41, 5.74) is 0. The number of halogens is 2. The predicted octanol–water partition coefficient (Wildman–Crippen LogP) is 2.27. The molecule has 1 atom stereocenters. The van der Waals surface area contributed by atoms with Crippen molar-refractivity contribution in [1.82, 2.24) is 9.55 Å². The minimum Gasteiger partial charge on any atom is -0.358 e. The number of hydrogen-bond acceptors (Lipinski definition) is 4. The van der Waals surface area contributed by atoms with Gasteiger partial charge in [-0.1, -0.05) is 11.8 Å². The minimum atomic E-state index is -0.508. The Bertz CT molecular complexity index is 358. The van der Waals surface area contributed by atoms with Crippen LogP contribution < -0.4 is 0 Å². The standard InChI is InChI=1S/C7H9Cl2N3O2S/c1-11-4-10-6(12(13)14)7(11)15-3-5(9)2-8/h4-5H,2-3H2,1H3. The SMILES string of the molecule is Cn1cnc([N+](=O)[O-])c1SCC(Cl)CCl. The molecule has 1 aromatic rings. The van der Waals surface area contributed by atoms with E-state index < -0.39 is 4.92 Å². The number of hydrogen-bond donors (Lipinski definition) is 0. The van der Waals surface area contributed by atoms with Crippen LogP contribution in [0, 0.1) is 10.1 Å². The van der Waals surface area contributed by atoms with E-state index in [1.165, 1.54) is 18.1 Å². The highest BCUT2D eigenvalue weighted by Crippen LogP contribution is 2.28. The molecule has 0 N–H and O–H groups in total. The molecule has 84 valence electrons. The molecule has 0 bridgehead atoms. The fourth-order valence-corrected chi connectivity index (χ4v) is 2.30. The number of alkyl halides is 2. The fraction of sp³-hybridized carbons (Fsp3) is 0.571. The molecule has 0 radical (unpaired) electrons. The van der Waals surface area contributed by atoms with Gasteiger partial charge < -0.3 is 14.7 Å². The maximum atomic E-state index is 10.6. The Morgan fingerprint density at radius 3 is 3.00 bits per heavy atom. The lowest BCUT2D eigenvalue weighted by Gasteiger charge is -2.04. The Kier molecular flexibility index (Phi) is 4.69. The molecule has 0 saturated carbocycles. The molecule has 1 unspecified atom stereocenters. The van der Waals surface area contributed by atoms with E-state index in [2.05, 4.69) is 4.98 Å². The van der Waals surface area contributed by atoms with Gasteiger partial charge >= 0.3 is 5.82 Å². The Hall–Kier alpha value is -0.460. The molecule has 15 heavy (non-hydrogen) atoms. The largest absolute Gasteiger partial charge is 0.395 e. The summed E-state index contributed by atoms with van der Waals surface area (Å²) in [4.78, 5) is 13.8. The third kappa shape index (κ3) is 3.25. The molecule has 0 fully saturated rings. The number of nitrogens with zero attached hydrogens (tertiary/aromatic N) is 3. The average molecular weight is 270 g/mol. The van der Waals surface area contributed by atoms with E-state index in [1.54, 1.807) is 11.6 Å². The van der Waals surface area contributed by atoms with Gasteiger partial charge in [-0.15, -0.1) is 23.2 Å². The van der Waals surface area contributed by atoms with Crippen molar-refractivity contribution in [1.29, 1.82) is 0 Å². The van der Waals surface area contributed by atoms with Gasteiger partial charge in [0.15, 0.2) is 5.03 Å². The second-order valence-electron chi connectivity index (χ2n) is 2.80. The molecule has 0 saturated heterocycles. The maximum absolute atomic E-state index is 10.6. The van der Waals surface area contributed by atoms with Crippen molar-refractivity contribution in [2.75, 3.05) is 11.6 Å². The normalized spacial score (nSPS) is 12.7. The maximum Gasteiger partial charge on any atom is 0.395 e. The van der Waals surface area contributed by atoms with Crippen LogP contribution in [0.3, 0.4) is 0 Å². The van der Waals surface area contributed by atoms with Gasteiger partial charge in [-0.25, -0.2) is 0 Å². The number of aromatic nitrogens is 2. The van der Waals surface area contributed by atoms with E-state index in [4.69, 9.17) is 23.2 Å². The second kappa shape index (κ2) is 5.58. The Morgan fingerprint density at radius 1 is 1.80 bits per heavy atom. The topological polar surface area (TPSA) is 61.0 Å². The van der Waals surface area contributed by atoms with E-state index in [0.717, 1.165) is 0 Å². The van der Waals surface area contributed by atoms with Crippen LogP contribution in [0.15, 0.2) is 11.4 Å². The fourth-order valence-electron chi connectivity index (χ4n) is 0.912. The van der Waals surface area contributed by atoms with Crippen molar-refractivity contribution in [2.24, 2.45) is 7.05 Å². The number of imidazole rings is 1. The lowest BCUT2D eigenvalue weighted by molar-refractivity contribution is -0.392. The molecular formula is C7H9Cl2N3O2S. The van der Waals surface area contributed by atoms with Gasteiger partial charge in [-0.2, -0.15) is 0 Å². The highest BCUT2D eigenvalue weighted by molar-refractivity contribution is 7.99. The summed E-state index contributed by atoms with van der Waals surface area (Å²) in [6.07, 6.45) is 1.41. The molecule has 8 heteroatoms. The van der Waals surface area contributed by atoms with Gasteiger partial charge in [0.25, 0.3) is 0 Å². The third-order valence-corrected chi connectivity index (χ3v) is 3.94. The quantitative estimate of drug-likeness (QED) is 0.356. The summed E-state index contributed by atoms with van der Waals surface area (Å²) in [5.74, 6) is 0.701. The van der Waals surface area contributed by atoms with Crippen LogP contribution in [0.4, 0.5) is 5.82 Å². The molecule has 1 heterocycles. The third-order valence-electron chi connectivity index (χ3n) is 1.61. The zero-order valence-electron chi connectivity index (χ0n) is 7.89. The van der Waals surface area contributed by atoms with E-state index >= 15 is 0 Å². The van der Waals surface area contributed by atoms with E-state index in [9.17, 15) is 10.1 Å². The zero-order chi connectivity index (χ0) is 11.4. The van der Waals surface area contributed by atoms with E-state index in [-0.39, 0.29) is 11.2 Å². The zero-order valence-corrected chi connectivity index (χ0v) is 10.2. The van der Waals surface area contributed by atoms with Gasteiger partial charge in [0.1, 0.15) is 0 Å². The summed E-state index contributed by atoms with van der Waals surface area (Å²) < 4.78 is 1.60. The van der Waals surface area contributed by atoms with E-state index in [0.29, 0.717) is 16.7 Å². The molecule has 0 spiro atoms. The van der Waals surface area contributed by atoms with Crippen LogP contribution in [0.25, 0.3) is 0 Å². The predicted molar refractivity (Wildman–Crippen MR) is 60.9 cm³/mol. The molecule has 0 aromatic carbocycles. The molecule has 0 aliphatic heterocycles. The number of thioether (sulfide) groups is 1. The van der Waals surface area contributed by atoms with Crippen molar-refractivity contribution in [2.45, 2.75) is 10.4 Å². The molecule has 0 amide bonds. The molecule has 0 aliphatic carbocycles. The first-order chi connectivity index (χ1) is 7.06. The Labute approximate surface area is 101 Å². The van der Waals surface area contributed by atoms with Gasteiger partial charge in [0.05, 0.1) is 5.38 Å². The monoisotopic (exact) mass is 269 g/mol. The summed E-state index contributed by atoms with van der Waals surface area (Å²) in [5, 5.41) is 10.9. The van der Waals surface area contributed by atoms with Crippen LogP contribution in [0.2, 0.25) is 0 Å². The molecular weight excluding hydrogens is 261 g/mol. The Morgan fingerprint density at radius 2 is 2.47 bits per heavy atom. The summed E-state index contributed by atoms with van der Waals surface area (Å²) in [6.45, 7) is 0. The van der Waals surface area contributed by atoms with Crippen molar-refractivity contribution in [3.63, 3.8) is 0 Å². The summed E-state index contributed by atoms with van der Waals surface area (Å²) >= 11 is 12.6. The van der Waals surface area contributed by atoms with Crippen LogP contribution in [0.1, 0.15) is 0 Å². The summed E-state index contributed by atoms with van der Waals surface area (Å²) in [6, 6.07) is 0. The van der Waals surface area contributed by atoms with Crippen molar-refractivity contribution >= 4 is 40.8 Å². The van der Waals surface area contributed by atoms with Gasteiger partial charge in [0.2, 0.25) is 6.33 Å². The van der Waals surface area contributed by atoms with Gasteiger partial charge in [-0.3, -0.25) is 0 Å². The van der Waals surface area contributed by atoms with Crippen LogP contribution >= 0.6 is 35.0 Å². The molecule has 1 rings (SSSR count). The highest BCUT2D eigenvalue weighted by Gasteiger charge is 2.21. The van der Waals surface area contributed by atoms with E-state index in [1.807, 2.05) is 0 Å². The first-order valence-corrected chi connectivity index (χ1v) is 6.00. The number of aryl methyl sites for hydroxylation is 1. The second-order valence-corrected chi connectivity index (χ2v) is 4.74. The van der Waals surface area contributed by atoms with Crippen LogP contribution in [-0.2, 0) is 7.05 Å². The van der Waals surface area contributed by atoms with Crippen molar-refractivity contribution in [3.05, 3.63) is 16.4 Å². The van der Waals surface area contributed by atoms with Gasteiger partial charge in [0, 0.05) is 18.7 Å². The van der Waals surface area contributed by atoms with Gasteiger partial charge in [-0.05, 0) is 9.91 Å². The molecule has 0 aliphatic rings. The average Bonchev–Trinajstić information content (AvgIpc) is 2.56. The van der Waals surface area contributed by atoms with Crippen LogP contribution in [0.5, 0.6) is 0 Å². The molecule has 5 nitrogen and oxygen atoms in total. The number of nitro groups is 1. The minimum absolute atomic E-state index is 0.138. The Balaban J connectivity index is 2.75. The smallest absolute Gasteiger partial charge is 0.358 e. The lowest BCUT2D eigenvalue weighted by Crippen LogP contribution is -2.04.